The monoisotopic (exact) mass is 502 g/mol. The van der Waals surface area contributed by atoms with Gasteiger partial charge in [-0.3, -0.25) is 14.4 Å². The van der Waals surface area contributed by atoms with Crippen LogP contribution in [0.4, 0.5) is 0 Å². The van der Waals surface area contributed by atoms with Crippen LogP contribution < -0.4 is 0 Å². The molecule has 4 aliphatic carbocycles. The number of rotatable bonds is 5. The molecule has 0 aromatic rings. The first kappa shape index (κ1) is 27.7. The Hall–Kier alpha value is -1.37. The van der Waals surface area contributed by atoms with Crippen molar-refractivity contribution in [3.05, 3.63) is 11.6 Å². The zero-order chi connectivity index (χ0) is 27.2. The molecule has 0 aliphatic heterocycles. The fourth-order valence-corrected chi connectivity index (χ4v) is 9.24. The van der Waals surface area contributed by atoms with Gasteiger partial charge in [0.25, 0.3) is 0 Å². The number of Topliss-reactive ketones (excluding diaryl/α,β-unsaturated/α-hetero) is 3. The lowest BCUT2D eigenvalue weighted by molar-refractivity contribution is -0.185. The molecule has 0 amide bonds. The van der Waals surface area contributed by atoms with Crippen LogP contribution in [0.15, 0.2) is 11.6 Å². The Morgan fingerprint density at radius 2 is 1.72 bits per heavy atom. The summed E-state index contributed by atoms with van der Waals surface area (Å²) >= 11 is 0. The zero-order valence-corrected chi connectivity index (χ0v) is 23.4. The highest BCUT2D eigenvalue weighted by atomic mass is 16.3. The van der Waals surface area contributed by atoms with Gasteiger partial charge < -0.3 is 15.3 Å². The van der Waals surface area contributed by atoms with Gasteiger partial charge in [0.2, 0.25) is 0 Å². The number of carbonyl (C=O) groups is 3. The maximum absolute atomic E-state index is 14.2. The third-order valence-electron chi connectivity index (χ3n) is 11.5. The first-order valence-corrected chi connectivity index (χ1v) is 13.8. The summed E-state index contributed by atoms with van der Waals surface area (Å²) in [6, 6.07) is 0. The van der Waals surface area contributed by atoms with Gasteiger partial charge in [-0.2, -0.15) is 0 Å². The molecular formula is C30H46O6. The van der Waals surface area contributed by atoms with Gasteiger partial charge in [-0.25, -0.2) is 0 Å². The van der Waals surface area contributed by atoms with Crippen molar-refractivity contribution in [3.63, 3.8) is 0 Å². The molecule has 3 N–H and O–H groups in total. The number of aliphatic hydroxyl groups excluding tert-OH is 2. The van der Waals surface area contributed by atoms with Crippen LogP contribution in [0, 0.1) is 45.3 Å². The topological polar surface area (TPSA) is 112 Å². The summed E-state index contributed by atoms with van der Waals surface area (Å²) in [7, 11) is 0. The van der Waals surface area contributed by atoms with E-state index in [9.17, 15) is 29.7 Å². The standard InChI is InChI=1S/C30H46O6/c1-16(2)9-12-22(33)30(8,36)24-20(32)14-27(5)21-11-10-17-18(13-19(31)25(35)26(17,3)4)29(21,7)23(34)15-28(24,27)6/h10,16,18-21,24,31-32,36H,9,11-15H2,1-8H3. The zero-order valence-electron chi connectivity index (χ0n) is 23.4. The molecule has 9 atom stereocenters. The van der Waals surface area contributed by atoms with Crippen LogP contribution in [0.5, 0.6) is 0 Å². The largest absolute Gasteiger partial charge is 0.393 e. The van der Waals surface area contributed by atoms with E-state index in [0.29, 0.717) is 25.2 Å². The summed E-state index contributed by atoms with van der Waals surface area (Å²) in [5, 5.41) is 33.8. The normalized spacial score (nSPS) is 45.4. The fourth-order valence-electron chi connectivity index (χ4n) is 9.24. The Morgan fingerprint density at radius 1 is 1.11 bits per heavy atom. The van der Waals surface area contributed by atoms with Crippen LogP contribution >= 0.6 is 0 Å². The second kappa shape index (κ2) is 8.31. The van der Waals surface area contributed by atoms with Crippen molar-refractivity contribution in [2.45, 2.75) is 112 Å². The number of ketones is 3. The molecule has 202 valence electrons. The second-order valence-corrected chi connectivity index (χ2v) is 14.2. The predicted molar refractivity (Wildman–Crippen MR) is 137 cm³/mol. The summed E-state index contributed by atoms with van der Waals surface area (Å²) in [6.07, 6.45) is 2.38. The number of aliphatic hydroxyl groups is 3. The number of hydrogen-bond donors (Lipinski definition) is 3. The van der Waals surface area contributed by atoms with E-state index in [1.165, 1.54) is 6.92 Å². The lowest BCUT2D eigenvalue weighted by Gasteiger charge is -2.64. The van der Waals surface area contributed by atoms with E-state index < -0.39 is 45.4 Å². The second-order valence-electron chi connectivity index (χ2n) is 14.2. The van der Waals surface area contributed by atoms with Crippen LogP contribution in [0.25, 0.3) is 0 Å². The van der Waals surface area contributed by atoms with Crippen LogP contribution in [-0.4, -0.2) is 50.5 Å². The van der Waals surface area contributed by atoms with Gasteiger partial charge in [-0.1, -0.05) is 46.3 Å². The van der Waals surface area contributed by atoms with Gasteiger partial charge in [0, 0.05) is 29.6 Å². The van der Waals surface area contributed by atoms with Gasteiger partial charge in [0.1, 0.15) is 17.5 Å². The maximum atomic E-state index is 14.2. The molecule has 0 radical (unpaired) electrons. The molecule has 3 saturated carbocycles. The van der Waals surface area contributed by atoms with Crippen molar-refractivity contribution in [3.8, 4) is 0 Å². The Bertz CT molecular complexity index is 1010. The van der Waals surface area contributed by atoms with Crippen LogP contribution in [0.2, 0.25) is 0 Å². The molecule has 36 heavy (non-hydrogen) atoms. The summed E-state index contributed by atoms with van der Waals surface area (Å²) < 4.78 is 0. The molecule has 0 bridgehead atoms. The SMILES string of the molecule is CC(C)CCC(=O)C(C)(O)C1C(O)CC2(C)C3CC=C4C(CC(O)C(=O)C4(C)C)C3(C)C(=O)CC12C. The average molecular weight is 503 g/mol. The molecule has 0 aromatic heterocycles. The lowest BCUT2D eigenvalue weighted by Crippen LogP contribution is -2.65. The third kappa shape index (κ3) is 3.42. The van der Waals surface area contributed by atoms with E-state index >= 15 is 0 Å². The lowest BCUT2D eigenvalue weighted by atomic mass is 9.38. The number of fused-ring (bicyclic) bond motifs is 5. The van der Waals surface area contributed by atoms with E-state index in [2.05, 4.69) is 13.0 Å². The Morgan fingerprint density at radius 3 is 2.31 bits per heavy atom. The van der Waals surface area contributed by atoms with Crippen molar-refractivity contribution >= 4 is 17.3 Å². The average Bonchev–Trinajstić information content (AvgIpc) is 2.96. The van der Waals surface area contributed by atoms with Crippen molar-refractivity contribution in [2.75, 3.05) is 0 Å². The fraction of sp³-hybridized carbons (Fsp3) is 0.833. The molecular weight excluding hydrogens is 456 g/mol. The minimum Gasteiger partial charge on any atom is -0.393 e. The van der Waals surface area contributed by atoms with Crippen LogP contribution in [0.1, 0.15) is 93.9 Å². The Labute approximate surface area is 215 Å². The Balaban J connectivity index is 1.78. The van der Waals surface area contributed by atoms with Crippen LogP contribution in [-0.2, 0) is 14.4 Å². The minimum absolute atomic E-state index is 0.0463. The van der Waals surface area contributed by atoms with Gasteiger partial charge in [-0.15, -0.1) is 0 Å². The Kier molecular flexibility index (Phi) is 6.39. The highest BCUT2D eigenvalue weighted by Crippen LogP contribution is 2.74. The molecule has 4 aliphatic rings. The van der Waals surface area contributed by atoms with Crippen LogP contribution in [0.3, 0.4) is 0 Å². The molecule has 0 heterocycles. The first-order valence-electron chi connectivity index (χ1n) is 13.8. The quantitative estimate of drug-likeness (QED) is 0.489. The predicted octanol–water partition coefficient (Wildman–Crippen LogP) is 4.04. The molecule has 9 unspecified atom stereocenters. The van der Waals surface area contributed by atoms with E-state index in [1.807, 2.05) is 41.5 Å². The first-order chi connectivity index (χ1) is 16.4. The molecule has 4 rings (SSSR count). The third-order valence-corrected chi connectivity index (χ3v) is 11.5. The van der Waals surface area contributed by atoms with Gasteiger partial charge in [-0.05, 0) is 75.0 Å². The van der Waals surface area contributed by atoms with Gasteiger partial charge >= 0.3 is 0 Å². The maximum Gasteiger partial charge on any atom is 0.170 e. The summed E-state index contributed by atoms with van der Waals surface area (Å²) in [4.78, 5) is 40.3. The summed E-state index contributed by atoms with van der Waals surface area (Å²) in [6.45, 7) is 15.4. The minimum atomic E-state index is -1.74. The van der Waals surface area contributed by atoms with Crippen molar-refractivity contribution in [1.82, 2.24) is 0 Å². The molecule has 0 spiro atoms. The van der Waals surface area contributed by atoms with Crippen molar-refractivity contribution < 1.29 is 29.7 Å². The number of carbonyl (C=O) groups excluding carboxylic acids is 3. The smallest absolute Gasteiger partial charge is 0.170 e. The van der Waals surface area contributed by atoms with Gasteiger partial charge in [0.05, 0.1) is 6.10 Å². The van der Waals surface area contributed by atoms with E-state index in [0.717, 1.165) is 5.57 Å². The highest BCUT2D eigenvalue weighted by molar-refractivity contribution is 5.95. The summed E-state index contributed by atoms with van der Waals surface area (Å²) in [5.41, 5.74) is -3.69. The molecule has 3 fully saturated rings. The number of hydrogen-bond acceptors (Lipinski definition) is 6. The summed E-state index contributed by atoms with van der Waals surface area (Å²) in [5.74, 6) is -1.24. The molecule has 6 heteroatoms. The van der Waals surface area contributed by atoms with Gasteiger partial charge in [0.15, 0.2) is 11.6 Å². The highest BCUT2D eigenvalue weighted by Gasteiger charge is 2.74. The molecule has 0 aromatic carbocycles. The van der Waals surface area contributed by atoms with E-state index in [1.54, 1.807) is 0 Å². The molecule has 6 nitrogen and oxygen atoms in total. The van der Waals surface area contributed by atoms with Crippen molar-refractivity contribution in [1.29, 1.82) is 0 Å². The molecule has 0 saturated heterocycles. The van der Waals surface area contributed by atoms with Crippen molar-refractivity contribution in [2.24, 2.45) is 45.3 Å². The van der Waals surface area contributed by atoms with E-state index in [4.69, 9.17) is 0 Å². The van der Waals surface area contributed by atoms with E-state index in [-0.39, 0.29) is 48.4 Å². The number of allylic oxidation sites excluding steroid dienone is 2.